The molecule has 8 nitrogen and oxygen atoms in total. The fourth-order valence-corrected chi connectivity index (χ4v) is 2.48. The van der Waals surface area contributed by atoms with Gasteiger partial charge in [0.1, 0.15) is 21.9 Å². The zero-order valence-electron chi connectivity index (χ0n) is 11.8. The van der Waals surface area contributed by atoms with E-state index in [0.29, 0.717) is 22.0 Å². The Morgan fingerprint density at radius 2 is 2.18 bits per heavy atom. The van der Waals surface area contributed by atoms with Gasteiger partial charge in [0.25, 0.3) is 11.8 Å². The molecule has 4 N–H and O–H groups in total. The summed E-state index contributed by atoms with van der Waals surface area (Å²) in [6, 6.07) is 1.14. The molecule has 2 aromatic heterocycles. The summed E-state index contributed by atoms with van der Waals surface area (Å²) in [5.41, 5.74) is 5.96. The summed E-state index contributed by atoms with van der Waals surface area (Å²) in [7, 11) is 0. The van der Waals surface area contributed by atoms with E-state index in [0.717, 1.165) is 11.3 Å². The van der Waals surface area contributed by atoms with Gasteiger partial charge in [-0.3, -0.25) is 9.59 Å². The van der Waals surface area contributed by atoms with Gasteiger partial charge in [-0.2, -0.15) is 0 Å². The Morgan fingerprint density at radius 3 is 2.82 bits per heavy atom. The quantitative estimate of drug-likeness (QED) is 0.689. The second-order valence-corrected chi connectivity index (χ2v) is 5.55. The van der Waals surface area contributed by atoms with Crippen LogP contribution in [0.4, 0.5) is 0 Å². The molecule has 22 heavy (non-hydrogen) atoms. The van der Waals surface area contributed by atoms with E-state index in [2.05, 4.69) is 20.3 Å². The molecule has 2 rings (SSSR count). The second kappa shape index (κ2) is 7.05. The number of thiazole rings is 1. The number of aromatic nitrogens is 3. The number of carbonyl (C=O) groups is 2. The van der Waals surface area contributed by atoms with Crippen molar-refractivity contribution in [1.29, 1.82) is 0 Å². The van der Waals surface area contributed by atoms with E-state index in [1.807, 2.05) is 0 Å². The summed E-state index contributed by atoms with van der Waals surface area (Å²) in [6.45, 7) is 1.70. The van der Waals surface area contributed by atoms with Crippen molar-refractivity contribution in [3.8, 4) is 0 Å². The molecule has 0 spiro atoms. The van der Waals surface area contributed by atoms with Crippen molar-refractivity contribution in [3.63, 3.8) is 0 Å². The zero-order chi connectivity index (χ0) is 16.1. The molecule has 2 heterocycles. The molecular weight excluding hydrogens is 306 g/mol. The molecule has 0 bridgehead atoms. The predicted molar refractivity (Wildman–Crippen MR) is 79.3 cm³/mol. The van der Waals surface area contributed by atoms with Crippen LogP contribution in [0.3, 0.4) is 0 Å². The summed E-state index contributed by atoms with van der Waals surface area (Å²) in [5, 5.41) is 12.2. The van der Waals surface area contributed by atoms with Crippen molar-refractivity contribution >= 4 is 23.2 Å². The number of aliphatic hydroxyl groups excluding tert-OH is 1. The van der Waals surface area contributed by atoms with E-state index < -0.39 is 5.91 Å². The third-order valence-corrected chi connectivity index (χ3v) is 4.00. The number of amides is 2. The number of primary amides is 1. The number of rotatable bonds is 6. The van der Waals surface area contributed by atoms with E-state index in [1.54, 1.807) is 6.92 Å². The smallest absolute Gasteiger partial charge is 0.270 e. The SMILES string of the molecule is CC(NC(=O)c1cc(CCO)ncn1)c1ncc(C(N)=O)s1. The Balaban J connectivity index is 2.07. The molecule has 0 aromatic carbocycles. The van der Waals surface area contributed by atoms with Crippen LogP contribution in [-0.4, -0.2) is 38.5 Å². The maximum Gasteiger partial charge on any atom is 0.270 e. The van der Waals surface area contributed by atoms with Crippen LogP contribution in [0.5, 0.6) is 0 Å². The molecule has 1 unspecified atom stereocenters. The lowest BCUT2D eigenvalue weighted by atomic mass is 10.2. The Morgan fingerprint density at radius 1 is 1.41 bits per heavy atom. The third-order valence-electron chi connectivity index (χ3n) is 2.81. The first-order valence-electron chi connectivity index (χ1n) is 6.49. The van der Waals surface area contributed by atoms with Crippen LogP contribution in [0.2, 0.25) is 0 Å². The summed E-state index contributed by atoms with van der Waals surface area (Å²) in [5.74, 6) is -0.934. The van der Waals surface area contributed by atoms with Gasteiger partial charge in [0.15, 0.2) is 0 Å². The average molecular weight is 321 g/mol. The third kappa shape index (κ3) is 3.83. The molecule has 0 fully saturated rings. The molecule has 0 saturated heterocycles. The van der Waals surface area contributed by atoms with Gasteiger partial charge in [-0.25, -0.2) is 15.0 Å². The summed E-state index contributed by atoms with van der Waals surface area (Å²) in [4.78, 5) is 35.5. The van der Waals surface area contributed by atoms with Gasteiger partial charge in [-0.15, -0.1) is 11.3 Å². The highest BCUT2D eigenvalue weighted by atomic mass is 32.1. The number of hydrogen-bond acceptors (Lipinski definition) is 7. The van der Waals surface area contributed by atoms with E-state index in [4.69, 9.17) is 10.8 Å². The van der Waals surface area contributed by atoms with Crippen LogP contribution in [0.25, 0.3) is 0 Å². The topological polar surface area (TPSA) is 131 Å². The maximum absolute atomic E-state index is 12.1. The molecule has 0 aliphatic heterocycles. The van der Waals surface area contributed by atoms with Crippen LogP contribution < -0.4 is 11.1 Å². The Bertz CT molecular complexity index is 688. The summed E-state index contributed by atoms with van der Waals surface area (Å²) >= 11 is 1.13. The van der Waals surface area contributed by atoms with Gasteiger partial charge in [-0.1, -0.05) is 0 Å². The lowest BCUT2D eigenvalue weighted by Gasteiger charge is -2.11. The lowest BCUT2D eigenvalue weighted by Crippen LogP contribution is -2.27. The number of hydrogen-bond donors (Lipinski definition) is 3. The first kappa shape index (κ1) is 16.0. The molecule has 0 aliphatic rings. The number of nitrogens with zero attached hydrogens (tertiary/aromatic N) is 3. The average Bonchev–Trinajstić information content (AvgIpc) is 2.98. The van der Waals surface area contributed by atoms with E-state index in [1.165, 1.54) is 18.6 Å². The van der Waals surface area contributed by atoms with E-state index in [-0.39, 0.29) is 24.2 Å². The van der Waals surface area contributed by atoms with Gasteiger partial charge in [-0.05, 0) is 13.0 Å². The first-order valence-corrected chi connectivity index (χ1v) is 7.31. The maximum atomic E-state index is 12.1. The van der Waals surface area contributed by atoms with Crippen molar-refractivity contribution < 1.29 is 14.7 Å². The number of nitrogens with one attached hydrogen (secondary N) is 1. The monoisotopic (exact) mass is 321 g/mol. The van der Waals surface area contributed by atoms with Crippen LogP contribution in [-0.2, 0) is 6.42 Å². The van der Waals surface area contributed by atoms with Gasteiger partial charge < -0.3 is 16.2 Å². The molecule has 0 aliphatic carbocycles. The van der Waals surface area contributed by atoms with Crippen LogP contribution >= 0.6 is 11.3 Å². The Labute approximate surface area is 130 Å². The van der Waals surface area contributed by atoms with Crippen LogP contribution in [0.15, 0.2) is 18.6 Å². The highest BCUT2D eigenvalue weighted by Gasteiger charge is 2.17. The molecule has 9 heteroatoms. The van der Waals surface area contributed by atoms with Crippen molar-refractivity contribution in [2.24, 2.45) is 5.73 Å². The number of nitrogens with two attached hydrogens (primary N) is 1. The first-order chi connectivity index (χ1) is 10.5. The highest BCUT2D eigenvalue weighted by Crippen LogP contribution is 2.19. The van der Waals surface area contributed by atoms with Crippen molar-refractivity contribution in [1.82, 2.24) is 20.3 Å². The van der Waals surface area contributed by atoms with Gasteiger partial charge in [0.05, 0.1) is 12.2 Å². The normalized spacial score (nSPS) is 11.9. The van der Waals surface area contributed by atoms with Crippen LogP contribution in [0, 0.1) is 0 Å². The molecular formula is C13H15N5O3S. The molecule has 0 saturated carbocycles. The molecule has 2 aromatic rings. The predicted octanol–water partition coefficient (Wildman–Crippen LogP) is 0.0578. The van der Waals surface area contributed by atoms with Gasteiger partial charge >= 0.3 is 0 Å². The second-order valence-electron chi connectivity index (χ2n) is 4.49. The Hall–Kier alpha value is -2.39. The fourth-order valence-electron chi connectivity index (χ4n) is 1.71. The van der Waals surface area contributed by atoms with E-state index >= 15 is 0 Å². The van der Waals surface area contributed by atoms with Crippen molar-refractivity contribution in [2.75, 3.05) is 6.61 Å². The molecule has 1 atom stereocenters. The minimum atomic E-state index is -0.549. The van der Waals surface area contributed by atoms with Gasteiger partial charge in [0.2, 0.25) is 0 Å². The number of aliphatic hydroxyl groups is 1. The Kier molecular flexibility index (Phi) is 5.12. The van der Waals surface area contributed by atoms with E-state index in [9.17, 15) is 9.59 Å². The van der Waals surface area contributed by atoms with Crippen molar-refractivity contribution in [3.05, 3.63) is 39.9 Å². The zero-order valence-corrected chi connectivity index (χ0v) is 12.6. The summed E-state index contributed by atoms with van der Waals surface area (Å²) in [6.07, 6.45) is 3.01. The lowest BCUT2D eigenvalue weighted by molar-refractivity contribution is 0.0933. The number of carbonyl (C=O) groups excluding carboxylic acids is 2. The standard InChI is InChI=1S/C13H15N5O3S/c1-7(13-15-5-10(22-13)11(14)20)18-12(21)9-4-8(2-3-19)16-6-17-9/h4-7,19H,2-3H2,1H3,(H2,14,20)(H,18,21). The minimum Gasteiger partial charge on any atom is -0.396 e. The molecule has 2 amide bonds. The fraction of sp³-hybridized carbons (Fsp3) is 0.308. The molecule has 116 valence electrons. The largest absolute Gasteiger partial charge is 0.396 e. The highest BCUT2D eigenvalue weighted by molar-refractivity contribution is 7.13. The van der Waals surface area contributed by atoms with Crippen molar-refractivity contribution in [2.45, 2.75) is 19.4 Å². The minimum absolute atomic E-state index is 0.0521. The molecule has 0 radical (unpaired) electrons. The van der Waals surface area contributed by atoms with Crippen LogP contribution in [0.1, 0.15) is 43.8 Å². The van der Waals surface area contributed by atoms with Gasteiger partial charge in [0, 0.05) is 18.7 Å². The summed E-state index contributed by atoms with van der Waals surface area (Å²) < 4.78 is 0.